The molecule has 0 fully saturated rings. The molecule has 0 saturated heterocycles. The van der Waals surface area contributed by atoms with E-state index in [-0.39, 0.29) is 10.9 Å². The first kappa shape index (κ1) is 18.7. The maximum absolute atomic E-state index is 12.8. The van der Waals surface area contributed by atoms with E-state index in [4.69, 9.17) is 4.74 Å². The third-order valence-corrected chi connectivity index (χ3v) is 5.84. The van der Waals surface area contributed by atoms with E-state index in [9.17, 15) is 8.42 Å². The highest BCUT2D eigenvalue weighted by molar-refractivity contribution is 7.89. The van der Waals surface area contributed by atoms with Gasteiger partial charge in [0.15, 0.2) is 0 Å². The van der Waals surface area contributed by atoms with E-state index < -0.39 is 10.0 Å². The quantitative estimate of drug-likeness (QED) is 0.795. The average molecular weight is 350 g/mol. The minimum absolute atomic E-state index is 0.138. The van der Waals surface area contributed by atoms with Gasteiger partial charge in [0.2, 0.25) is 10.0 Å². The van der Waals surface area contributed by atoms with Crippen molar-refractivity contribution in [3.8, 4) is 5.75 Å². The molecular weight excluding hydrogens is 324 g/mol. The Hall–Kier alpha value is -1.63. The molecule has 0 bridgehead atoms. The molecule has 2 rings (SSSR count). The monoisotopic (exact) mass is 350 g/mol. The van der Waals surface area contributed by atoms with Crippen LogP contribution in [0.25, 0.3) is 10.8 Å². The fourth-order valence-corrected chi connectivity index (χ4v) is 4.27. The molecule has 1 atom stereocenters. The van der Waals surface area contributed by atoms with Gasteiger partial charge in [-0.1, -0.05) is 38.1 Å². The highest BCUT2D eigenvalue weighted by Crippen LogP contribution is 2.30. The predicted molar refractivity (Wildman–Crippen MR) is 98.1 cm³/mol. The molecule has 2 aromatic rings. The van der Waals surface area contributed by atoms with Crippen LogP contribution in [0.2, 0.25) is 0 Å². The Kier molecular flexibility index (Phi) is 6.21. The van der Waals surface area contributed by atoms with E-state index in [1.807, 2.05) is 25.1 Å². The Bertz CT molecular complexity index is 786. The van der Waals surface area contributed by atoms with Gasteiger partial charge in [0.25, 0.3) is 0 Å². The van der Waals surface area contributed by atoms with Crippen molar-refractivity contribution >= 4 is 20.8 Å². The molecule has 0 aliphatic carbocycles. The number of ether oxygens (including phenoxy) is 1. The fourth-order valence-electron chi connectivity index (χ4n) is 2.94. The first-order chi connectivity index (χ1) is 11.4. The minimum Gasteiger partial charge on any atom is -0.496 e. The molecule has 0 aliphatic rings. The first-order valence-corrected chi connectivity index (χ1v) is 9.72. The van der Waals surface area contributed by atoms with Crippen LogP contribution < -0.4 is 9.46 Å². The number of hydrogen-bond acceptors (Lipinski definition) is 4. The Balaban J connectivity index is 2.32. The summed E-state index contributed by atoms with van der Waals surface area (Å²) in [6.07, 6.45) is 0. The van der Waals surface area contributed by atoms with Crippen molar-refractivity contribution in [2.45, 2.75) is 31.7 Å². The number of likely N-dealkylation sites (N-methyl/N-ethyl adjacent to an activating group) is 1. The van der Waals surface area contributed by atoms with Crippen molar-refractivity contribution in [1.29, 1.82) is 0 Å². The molecule has 0 unspecified atom stereocenters. The topological polar surface area (TPSA) is 58.6 Å². The van der Waals surface area contributed by atoms with Crippen molar-refractivity contribution in [2.75, 3.05) is 26.7 Å². The van der Waals surface area contributed by atoms with Gasteiger partial charge >= 0.3 is 0 Å². The lowest BCUT2D eigenvalue weighted by Gasteiger charge is -2.26. The summed E-state index contributed by atoms with van der Waals surface area (Å²) in [5, 5.41) is 1.46. The Morgan fingerprint density at radius 1 is 1.08 bits per heavy atom. The summed E-state index contributed by atoms with van der Waals surface area (Å²) < 4.78 is 33.6. The van der Waals surface area contributed by atoms with Crippen LogP contribution in [0.1, 0.15) is 20.8 Å². The molecule has 0 amide bonds. The summed E-state index contributed by atoms with van der Waals surface area (Å²) in [6.45, 7) is 8.35. The second-order valence-corrected chi connectivity index (χ2v) is 7.47. The summed E-state index contributed by atoms with van der Waals surface area (Å²) >= 11 is 0. The van der Waals surface area contributed by atoms with Crippen molar-refractivity contribution in [1.82, 2.24) is 9.62 Å². The smallest absolute Gasteiger partial charge is 0.241 e. The summed E-state index contributed by atoms with van der Waals surface area (Å²) in [4.78, 5) is 2.50. The molecular formula is C18H26N2O3S. The third-order valence-electron chi connectivity index (χ3n) is 4.36. The number of nitrogens with zero attached hydrogens (tertiary/aromatic N) is 1. The van der Waals surface area contributed by atoms with E-state index >= 15 is 0 Å². The largest absolute Gasteiger partial charge is 0.496 e. The van der Waals surface area contributed by atoms with Crippen LogP contribution in [0.5, 0.6) is 5.75 Å². The molecule has 0 heterocycles. The maximum Gasteiger partial charge on any atom is 0.241 e. The number of sulfonamides is 1. The second-order valence-electron chi connectivity index (χ2n) is 5.73. The number of fused-ring (bicyclic) bond motifs is 1. The summed E-state index contributed by atoms with van der Waals surface area (Å²) in [7, 11) is -2.01. The Labute approximate surface area is 144 Å². The molecule has 5 nitrogen and oxygen atoms in total. The van der Waals surface area contributed by atoms with E-state index in [2.05, 4.69) is 23.5 Å². The van der Waals surface area contributed by atoms with Crippen LogP contribution in [0, 0.1) is 0 Å². The number of hydrogen-bond donors (Lipinski definition) is 1. The molecule has 1 N–H and O–H groups in total. The van der Waals surface area contributed by atoms with Crippen LogP contribution in [-0.2, 0) is 10.0 Å². The second kappa shape index (κ2) is 7.96. The van der Waals surface area contributed by atoms with Crippen LogP contribution in [0.4, 0.5) is 0 Å². The summed E-state index contributed by atoms with van der Waals surface area (Å²) in [6, 6.07) is 10.8. The van der Waals surface area contributed by atoms with Crippen LogP contribution in [0.15, 0.2) is 41.3 Å². The molecule has 132 valence electrons. The zero-order valence-electron chi connectivity index (χ0n) is 14.7. The first-order valence-electron chi connectivity index (χ1n) is 8.24. The molecule has 0 spiro atoms. The number of methoxy groups -OCH3 is 1. The predicted octanol–water partition coefficient (Wildman–Crippen LogP) is 2.86. The van der Waals surface area contributed by atoms with Gasteiger partial charge in [-0.05, 0) is 32.1 Å². The lowest BCUT2D eigenvalue weighted by Crippen LogP contribution is -2.41. The third kappa shape index (κ3) is 3.88. The molecule has 0 aliphatic heterocycles. The standard InChI is InChI=1S/C18H26N2O3S/c1-5-20(6-2)14(3)13-19-24(21,22)18-12-11-17(23-4)15-9-7-8-10-16(15)18/h7-12,14,19H,5-6,13H2,1-4H3/t14-/m1/s1. The van der Waals surface area contributed by atoms with Gasteiger partial charge < -0.3 is 4.74 Å². The van der Waals surface area contributed by atoms with Gasteiger partial charge in [-0.3, -0.25) is 4.90 Å². The molecule has 24 heavy (non-hydrogen) atoms. The van der Waals surface area contributed by atoms with Gasteiger partial charge in [0.05, 0.1) is 12.0 Å². The van der Waals surface area contributed by atoms with Gasteiger partial charge in [-0.2, -0.15) is 0 Å². The van der Waals surface area contributed by atoms with Gasteiger partial charge in [0.1, 0.15) is 5.75 Å². The van der Waals surface area contributed by atoms with Gasteiger partial charge in [0, 0.05) is 23.4 Å². The average Bonchev–Trinajstić information content (AvgIpc) is 2.60. The van der Waals surface area contributed by atoms with Gasteiger partial charge in [-0.15, -0.1) is 0 Å². The molecule has 0 saturated carbocycles. The van der Waals surface area contributed by atoms with E-state index in [0.29, 0.717) is 17.7 Å². The lowest BCUT2D eigenvalue weighted by molar-refractivity contribution is 0.232. The van der Waals surface area contributed by atoms with Gasteiger partial charge in [-0.25, -0.2) is 13.1 Å². The molecule has 2 aromatic carbocycles. The fraction of sp³-hybridized carbons (Fsp3) is 0.444. The zero-order valence-corrected chi connectivity index (χ0v) is 15.6. The summed E-state index contributed by atoms with van der Waals surface area (Å²) in [5.41, 5.74) is 0. The number of benzene rings is 2. The Morgan fingerprint density at radius 3 is 2.29 bits per heavy atom. The maximum atomic E-state index is 12.8. The van der Waals surface area contributed by atoms with Crippen molar-refractivity contribution < 1.29 is 13.2 Å². The van der Waals surface area contributed by atoms with Crippen molar-refractivity contribution in [3.63, 3.8) is 0 Å². The molecule has 0 aromatic heterocycles. The molecule has 0 radical (unpaired) electrons. The Morgan fingerprint density at radius 2 is 1.71 bits per heavy atom. The highest BCUT2D eigenvalue weighted by atomic mass is 32.2. The number of nitrogens with one attached hydrogen (secondary N) is 1. The van der Waals surface area contributed by atoms with Crippen molar-refractivity contribution in [2.24, 2.45) is 0 Å². The van der Waals surface area contributed by atoms with Crippen molar-refractivity contribution in [3.05, 3.63) is 36.4 Å². The summed E-state index contributed by atoms with van der Waals surface area (Å²) in [5.74, 6) is 0.668. The number of rotatable bonds is 8. The van der Waals surface area contributed by atoms with Crippen LogP contribution in [-0.4, -0.2) is 46.1 Å². The minimum atomic E-state index is -3.59. The van der Waals surface area contributed by atoms with E-state index in [1.54, 1.807) is 25.3 Å². The van der Waals surface area contributed by atoms with Crippen LogP contribution >= 0.6 is 0 Å². The van der Waals surface area contributed by atoms with Crippen LogP contribution in [0.3, 0.4) is 0 Å². The molecule has 6 heteroatoms. The SMILES string of the molecule is CCN(CC)[C@H](C)CNS(=O)(=O)c1ccc(OC)c2ccccc12. The zero-order chi connectivity index (χ0) is 17.7. The normalized spacial score (nSPS) is 13.4. The van der Waals surface area contributed by atoms with E-state index in [0.717, 1.165) is 18.5 Å². The lowest BCUT2D eigenvalue weighted by atomic mass is 10.1. The van der Waals surface area contributed by atoms with E-state index in [1.165, 1.54) is 0 Å². The highest BCUT2D eigenvalue weighted by Gasteiger charge is 2.20.